The van der Waals surface area contributed by atoms with Crippen LogP contribution in [0.1, 0.15) is 51.7 Å². The standard InChI is InChI=1S/C24H34O4/c1-7-15(3)9-17-11-19(23(25)21(13-17)27-5)20-12-18(10-16(4)8-2)14-22(28-6)24(20)26/h11-16,25-26H,7-10H2,1-6H3. The highest BCUT2D eigenvalue weighted by molar-refractivity contribution is 5.81. The van der Waals surface area contributed by atoms with E-state index in [1.165, 1.54) is 0 Å². The van der Waals surface area contributed by atoms with Crippen molar-refractivity contribution in [2.75, 3.05) is 14.2 Å². The quantitative estimate of drug-likeness (QED) is 0.558. The minimum Gasteiger partial charge on any atom is -0.504 e. The molecule has 0 fully saturated rings. The zero-order valence-corrected chi connectivity index (χ0v) is 18.0. The summed E-state index contributed by atoms with van der Waals surface area (Å²) in [5, 5.41) is 21.6. The lowest BCUT2D eigenvalue weighted by atomic mass is 9.91. The number of phenolic OH excluding ortho intramolecular Hbond substituents is 2. The minimum atomic E-state index is 0.0356. The Labute approximate surface area is 169 Å². The molecule has 0 radical (unpaired) electrons. The first-order valence-electron chi connectivity index (χ1n) is 10.1. The Morgan fingerprint density at radius 2 is 1.07 bits per heavy atom. The maximum Gasteiger partial charge on any atom is 0.165 e. The van der Waals surface area contributed by atoms with Gasteiger partial charge in [0, 0.05) is 11.1 Å². The van der Waals surface area contributed by atoms with E-state index in [2.05, 4.69) is 27.7 Å². The van der Waals surface area contributed by atoms with Crippen molar-refractivity contribution in [1.29, 1.82) is 0 Å². The largest absolute Gasteiger partial charge is 0.504 e. The highest BCUT2D eigenvalue weighted by Gasteiger charge is 2.20. The lowest BCUT2D eigenvalue weighted by molar-refractivity contribution is 0.370. The Bertz CT molecular complexity index is 730. The molecule has 2 aromatic rings. The van der Waals surface area contributed by atoms with E-state index in [1.807, 2.05) is 24.3 Å². The van der Waals surface area contributed by atoms with E-state index in [1.54, 1.807) is 14.2 Å². The van der Waals surface area contributed by atoms with Gasteiger partial charge in [0.2, 0.25) is 0 Å². The molecule has 0 aliphatic carbocycles. The number of rotatable bonds is 9. The average Bonchev–Trinajstić information content (AvgIpc) is 2.70. The van der Waals surface area contributed by atoms with Crippen molar-refractivity contribution in [3.05, 3.63) is 35.4 Å². The SMILES string of the molecule is CCC(C)Cc1cc(OC)c(O)c(-c2cc(CC(C)CC)cc(OC)c2O)c1. The van der Waals surface area contributed by atoms with Crippen LogP contribution in [-0.4, -0.2) is 24.4 Å². The molecule has 0 saturated carbocycles. The molecule has 154 valence electrons. The van der Waals surface area contributed by atoms with Gasteiger partial charge in [0.15, 0.2) is 23.0 Å². The predicted molar refractivity (Wildman–Crippen MR) is 115 cm³/mol. The summed E-state index contributed by atoms with van der Waals surface area (Å²) in [5.41, 5.74) is 3.29. The van der Waals surface area contributed by atoms with Gasteiger partial charge in [0.25, 0.3) is 0 Å². The van der Waals surface area contributed by atoms with Crippen LogP contribution in [0.5, 0.6) is 23.0 Å². The number of methoxy groups -OCH3 is 2. The summed E-state index contributed by atoms with van der Waals surface area (Å²) in [6, 6.07) is 7.65. The van der Waals surface area contributed by atoms with Gasteiger partial charge in [-0.3, -0.25) is 0 Å². The molecule has 0 spiro atoms. The van der Waals surface area contributed by atoms with Crippen LogP contribution in [-0.2, 0) is 12.8 Å². The highest BCUT2D eigenvalue weighted by Crippen LogP contribution is 2.46. The smallest absolute Gasteiger partial charge is 0.165 e. The monoisotopic (exact) mass is 386 g/mol. The number of benzene rings is 2. The molecule has 0 aromatic heterocycles. The highest BCUT2D eigenvalue weighted by atomic mass is 16.5. The number of hydrogen-bond donors (Lipinski definition) is 2. The number of aromatic hydroxyl groups is 2. The molecule has 4 heteroatoms. The van der Waals surface area contributed by atoms with Gasteiger partial charge in [-0.2, -0.15) is 0 Å². The van der Waals surface area contributed by atoms with Gasteiger partial charge in [0.1, 0.15) is 0 Å². The van der Waals surface area contributed by atoms with Crippen LogP contribution in [0.3, 0.4) is 0 Å². The van der Waals surface area contributed by atoms with Gasteiger partial charge < -0.3 is 19.7 Å². The van der Waals surface area contributed by atoms with E-state index in [9.17, 15) is 10.2 Å². The number of hydrogen-bond acceptors (Lipinski definition) is 4. The Hall–Kier alpha value is -2.36. The summed E-state index contributed by atoms with van der Waals surface area (Å²) in [5.74, 6) is 1.94. The Morgan fingerprint density at radius 1 is 0.714 bits per heavy atom. The molecule has 2 rings (SSSR count). The second kappa shape index (κ2) is 9.72. The molecular formula is C24H34O4. The first-order chi connectivity index (χ1) is 13.3. The number of phenols is 2. The Morgan fingerprint density at radius 3 is 1.36 bits per heavy atom. The topological polar surface area (TPSA) is 58.9 Å². The van der Waals surface area contributed by atoms with Crippen LogP contribution in [0.15, 0.2) is 24.3 Å². The van der Waals surface area contributed by atoms with E-state index in [0.717, 1.165) is 36.8 Å². The van der Waals surface area contributed by atoms with Gasteiger partial charge >= 0.3 is 0 Å². The lowest BCUT2D eigenvalue weighted by Crippen LogP contribution is -2.01. The third kappa shape index (κ3) is 4.92. The van der Waals surface area contributed by atoms with Crippen LogP contribution >= 0.6 is 0 Å². The lowest BCUT2D eigenvalue weighted by Gasteiger charge is -2.18. The molecule has 2 atom stereocenters. The van der Waals surface area contributed by atoms with Crippen LogP contribution in [0.2, 0.25) is 0 Å². The van der Waals surface area contributed by atoms with Crippen molar-refractivity contribution >= 4 is 0 Å². The van der Waals surface area contributed by atoms with Crippen LogP contribution in [0, 0.1) is 11.8 Å². The first-order valence-corrected chi connectivity index (χ1v) is 10.1. The van der Waals surface area contributed by atoms with Crippen LogP contribution < -0.4 is 9.47 Å². The molecule has 28 heavy (non-hydrogen) atoms. The Kier molecular flexibility index (Phi) is 7.61. The van der Waals surface area contributed by atoms with Gasteiger partial charge in [0.05, 0.1) is 14.2 Å². The van der Waals surface area contributed by atoms with Crippen LogP contribution in [0.4, 0.5) is 0 Å². The van der Waals surface area contributed by atoms with Crippen molar-refractivity contribution in [1.82, 2.24) is 0 Å². The van der Waals surface area contributed by atoms with Gasteiger partial charge in [-0.05, 0) is 60.1 Å². The molecule has 4 nitrogen and oxygen atoms in total. The molecule has 0 amide bonds. The fourth-order valence-corrected chi connectivity index (χ4v) is 3.38. The van der Waals surface area contributed by atoms with E-state index >= 15 is 0 Å². The van der Waals surface area contributed by atoms with E-state index in [-0.39, 0.29) is 11.5 Å². The molecule has 0 heterocycles. The maximum atomic E-state index is 10.8. The number of ether oxygens (including phenoxy) is 2. The summed E-state index contributed by atoms with van der Waals surface area (Å²) in [6.07, 6.45) is 3.90. The van der Waals surface area contributed by atoms with E-state index < -0.39 is 0 Å². The first kappa shape index (κ1) is 21.9. The normalized spacial score (nSPS) is 13.2. The predicted octanol–water partition coefficient (Wildman–Crippen LogP) is 5.96. The van der Waals surface area contributed by atoms with Crippen LogP contribution in [0.25, 0.3) is 11.1 Å². The average molecular weight is 387 g/mol. The van der Waals surface area contributed by atoms with Crippen molar-refractivity contribution in [3.63, 3.8) is 0 Å². The summed E-state index contributed by atoms with van der Waals surface area (Å²) in [4.78, 5) is 0. The molecule has 2 aromatic carbocycles. The second-order valence-corrected chi connectivity index (χ2v) is 7.82. The van der Waals surface area contributed by atoms with Gasteiger partial charge in [-0.15, -0.1) is 0 Å². The molecule has 2 unspecified atom stereocenters. The van der Waals surface area contributed by atoms with Crippen molar-refractivity contribution in [2.24, 2.45) is 11.8 Å². The minimum absolute atomic E-state index is 0.0356. The molecule has 0 aliphatic rings. The molecule has 2 N–H and O–H groups in total. The summed E-state index contributed by atoms with van der Waals surface area (Å²) in [7, 11) is 3.09. The summed E-state index contributed by atoms with van der Waals surface area (Å²) < 4.78 is 10.8. The fourth-order valence-electron chi connectivity index (χ4n) is 3.38. The maximum absolute atomic E-state index is 10.8. The van der Waals surface area contributed by atoms with Crippen molar-refractivity contribution in [3.8, 4) is 34.1 Å². The third-order valence-corrected chi connectivity index (χ3v) is 5.56. The van der Waals surface area contributed by atoms with Crippen molar-refractivity contribution < 1.29 is 19.7 Å². The van der Waals surface area contributed by atoms with Gasteiger partial charge in [-0.1, -0.05) is 40.5 Å². The zero-order valence-electron chi connectivity index (χ0n) is 18.0. The molecule has 0 saturated heterocycles. The van der Waals surface area contributed by atoms with Crippen molar-refractivity contribution in [2.45, 2.75) is 53.4 Å². The molecule has 0 bridgehead atoms. The third-order valence-electron chi connectivity index (χ3n) is 5.56. The summed E-state index contributed by atoms with van der Waals surface area (Å²) >= 11 is 0. The zero-order chi connectivity index (χ0) is 20.8. The van der Waals surface area contributed by atoms with E-state index in [4.69, 9.17) is 9.47 Å². The van der Waals surface area contributed by atoms with Gasteiger partial charge in [-0.25, -0.2) is 0 Å². The molecular weight excluding hydrogens is 352 g/mol. The Balaban J connectivity index is 2.64. The second-order valence-electron chi connectivity index (χ2n) is 7.82. The summed E-state index contributed by atoms with van der Waals surface area (Å²) in [6.45, 7) is 8.73. The fraction of sp³-hybridized carbons (Fsp3) is 0.500. The van der Waals surface area contributed by atoms with E-state index in [0.29, 0.717) is 34.5 Å². The molecule has 0 aliphatic heterocycles.